The maximum Gasteiger partial charge on any atom is 0.323 e. The summed E-state index contributed by atoms with van der Waals surface area (Å²) in [6.45, 7) is 2.13. The van der Waals surface area contributed by atoms with Crippen molar-refractivity contribution < 1.29 is 14.3 Å². The van der Waals surface area contributed by atoms with Crippen LogP contribution in [-0.4, -0.2) is 31.5 Å². The van der Waals surface area contributed by atoms with Crippen molar-refractivity contribution in [1.82, 2.24) is 0 Å². The van der Waals surface area contributed by atoms with Crippen molar-refractivity contribution in [1.29, 1.82) is 0 Å². The van der Waals surface area contributed by atoms with Gasteiger partial charge in [-0.3, -0.25) is 4.79 Å². The zero-order valence-corrected chi connectivity index (χ0v) is 13.4. The van der Waals surface area contributed by atoms with E-state index >= 15 is 0 Å². The van der Waals surface area contributed by atoms with Crippen molar-refractivity contribution >= 4 is 33.7 Å². The molecule has 19 heavy (non-hydrogen) atoms. The molecule has 0 aliphatic rings. The number of benzene rings is 1. The van der Waals surface area contributed by atoms with E-state index in [1.807, 2.05) is 18.2 Å². The van der Waals surface area contributed by atoms with E-state index in [0.717, 1.165) is 21.5 Å². The average Bonchev–Trinajstić information content (AvgIpc) is 2.41. The number of rotatable bonds is 7. The van der Waals surface area contributed by atoms with Crippen molar-refractivity contribution in [3.63, 3.8) is 0 Å². The van der Waals surface area contributed by atoms with E-state index in [-0.39, 0.29) is 5.97 Å². The van der Waals surface area contributed by atoms with Gasteiger partial charge in [0.05, 0.1) is 13.7 Å². The van der Waals surface area contributed by atoms with Crippen LogP contribution >= 0.6 is 27.7 Å². The van der Waals surface area contributed by atoms with Gasteiger partial charge in [0.1, 0.15) is 11.8 Å². The quantitative estimate of drug-likeness (QED) is 0.768. The summed E-state index contributed by atoms with van der Waals surface area (Å²) in [5, 5.41) is 0. The molecule has 0 aliphatic heterocycles. The van der Waals surface area contributed by atoms with Crippen LogP contribution in [0.5, 0.6) is 5.75 Å². The Morgan fingerprint density at radius 1 is 1.53 bits per heavy atom. The molecule has 0 amide bonds. The Bertz CT molecular complexity index is 428. The molecule has 6 heteroatoms. The summed E-state index contributed by atoms with van der Waals surface area (Å²) in [5.74, 6) is 1.75. The second-order valence-electron chi connectivity index (χ2n) is 3.83. The lowest BCUT2D eigenvalue weighted by Gasteiger charge is -2.11. The number of hydrogen-bond acceptors (Lipinski definition) is 5. The minimum absolute atomic E-state index is 0.347. The highest BCUT2D eigenvalue weighted by Crippen LogP contribution is 2.26. The minimum Gasteiger partial charge on any atom is -0.497 e. The molecule has 0 aromatic heterocycles. The van der Waals surface area contributed by atoms with E-state index in [1.54, 1.807) is 25.8 Å². The summed E-state index contributed by atoms with van der Waals surface area (Å²) in [6, 6.07) is 5.23. The van der Waals surface area contributed by atoms with Gasteiger partial charge in [-0.2, -0.15) is 11.8 Å². The fourth-order valence-corrected chi connectivity index (χ4v) is 2.94. The molecule has 0 saturated carbocycles. The number of hydrogen-bond donors (Lipinski definition) is 1. The van der Waals surface area contributed by atoms with Crippen molar-refractivity contribution in [2.75, 3.05) is 19.5 Å². The van der Waals surface area contributed by atoms with Crippen molar-refractivity contribution in [3.05, 3.63) is 28.2 Å². The van der Waals surface area contributed by atoms with Gasteiger partial charge in [-0.05, 0) is 30.7 Å². The number of nitrogens with two attached hydrogens (primary N) is 1. The Morgan fingerprint density at radius 2 is 2.26 bits per heavy atom. The maximum absolute atomic E-state index is 11.4. The second-order valence-corrected chi connectivity index (χ2v) is 5.72. The first-order valence-electron chi connectivity index (χ1n) is 5.90. The van der Waals surface area contributed by atoms with Crippen LogP contribution in [0.15, 0.2) is 22.7 Å². The molecular formula is C13H18BrNO3S. The lowest BCUT2D eigenvalue weighted by molar-refractivity contribution is -0.144. The third-order valence-corrected chi connectivity index (χ3v) is 4.28. The molecule has 1 aromatic carbocycles. The smallest absolute Gasteiger partial charge is 0.323 e. The lowest BCUT2D eigenvalue weighted by Crippen LogP contribution is -2.34. The van der Waals surface area contributed by atoms with E-state index in [2.05, 4.69) is 15.9 Å². The van der Waals surface area contributed by atoms with E-state index in [4.69, 9.17) is 15.2 Å². The van der Waals surface area contributed by atoms with Gasteiger partial charge in [0.15, 0.2) is 0 Å². The molecular weight excluding hydrogens is 330 g/mol. The van der Waals surface area contributed by atoms with Gasteiger partial charge >= 0.3 is 5.97 Å². The summed E-state index contributed by atoms with van der Waals surface area (Å²) >= 11 is 5.08. The molecule has 1 atom stereocenters. The summed E-state index contributed by atoms with van der Waals surface area (Å²) in [6.07, 6.45) is 0. The predicted molar refractivity (Wildman–Crippen MR) is 81.5 cm³/mol. The highest BCUT2D eigenvalue weighted by Gasteiger charge is 2.14. The first-order chi connectivity index (χ1) is 9.08. The molecule has 0 spiro atoms. The summed E-state index contributed by atoms with van der Waals surface area (Å²) in [7, 11) is 1.64. The van der Waals surface area contributed by atoms with Crippen LogP contribution in [-0.2, 0) is 15.3 Å². The second kappa shape index (κ2) is 8.45. The van der Waals surface area contributed by atoms with E-state index in [9.17, 15) is 4.79 Å². The van der Waals surface area contributed by atoms with Crippen LogP contribution in [0.1, 0.15) is 12.5 Å². The van der Waals surface area contributed by atoms with Crippen molar-refractivity contribution in [2.45, 2.75) is 18.7 Å². The third kappa shape index (κ3) is 5.42. The summed E-state index contributed by atoms with van der Waals surface area (Å²) in [4.78, 5) is 11.4. The van der Waals surface area contributed by atoms with Gasteiger partial charge in [0.25, 0.3) is 0 Å². The molecule has 106 valence electrons. The van der Waals surface area contributed by atoms with Crippen LogP contribution in [0.3, 0.4) is 0 Å². The van der Waals surface area contributed by atoms with E-state index in [1.165, 1.54) is 0 Å². The molecule has 0 saturated heterocycles. The number of carbonyl (C=O) groups is 1. The highest BCUT2D eigenvalue weighted by atomic mass is 79.9. The molecule has 0 heterocycles. The molecule has 2 N–H and O–H groups in total. The van der Waals surface area contributed by atoms with Gasteiger partial charge < -0.3 is 15.2 Å². The Kier molecular flexibility index (Phi) is 7.27. The molecule has 1 unspecified atom stereocenters. The normalized spacial score (nSPS) is 12.0. The Hall–Kier alpha value is -0.720. The van der Waals surface area contributed by atoms with Crippen LogP contribution in [0.2, 0.25) is 0 Å². The topological polar surface area (TPSA) is 61.5 Å². The van der Waals surface area contributed by atoms with Gasteiger partial charge in [0.2, 0.25) is 0 Å². The average molecular weight is 348 g/mol. The number of esters is 1. The van der Waals surface area contributed by atoms with Crippen LogP contribution in [0.4, 0.5) is 0 Å². The molecule has 4 nitrogen and oxygen atoms in total. The summed E-state index contributed by atoms with van der Waals surface area (Å²) < 4.78 is 11.1. The van der Waals surface area contributed by atoms with Gasteiger partial charge in [0, 0.05) is 16.0 Å². The number of ether oxygens (including phenoxy) is 2. The monoisotopic (exact) mass is 347 g/mol. The highest BCUT2D eigenvalue weighted by molar-refractivity contribution is 9.10. The fourth-order valence-electron chi connectivity index (χ4n) is 1.40. The first kappa shape index (κ1) is 16.3. The third-order valence-electron chi connectivity index (χ3n) is 2.40. The zero-order valence-electron chi connectivity index (χ0n) is 11.0. The molecule has 0 aliphatic carbocycles. The SMILES string of the molecule is CCOC(=O)C(N)CSCc1cc(OC)ccc1Br. The number of methoxy groups -OCH3 is 1. The van der Waals surface area contributed by atoms with Gasteiger partial charge in [-0.15, -0.1) is 0 Å². The Morgan fingerprint density at radius 3 is 2.89 bits per heavy atom. The predicted octanol–water partition coefficient (Wildman–Crippen LogP) is 2.58. The molecule has 0 bridgehead atoms. The minimum atomic E-state index is -0.575. The van der Waals surface area contributed by atoms with Crippen LogP contribution in [0.25, 0.3) is 0 Å². The largest absolute Gasteiger partial charge is 0.497 e. The lowest BCUT2D eigenvalue weighted by atomic mass is 10.2. The number of halogens is 1. The number of carbonyl (C=O) groups excluding carboxylic acids is 1. The zero-order chi connectivity index (χ0) is 14.3. The van der Waals surface area contributed by atoms with E-state index in [0.29, 0.717) is 12.4 Å². The van der Waals surface area contributed by atoms with Crippen molar-refractivity contribution in [3.8, 4) is 5.75 Å². The molecule has 1 aromatic rings. The Labute approximate surface area is 126 Å². The fraction of sp³-hybridized carbons (Fsp3) is 0.462. The number of thioether (sulfide) groups is 1. The first-order valence-corrected chi connectivity index (χ1v) is 7.85. The molecule has 0 fully saturated rings. The van der Waals surface area contributed by atoms with Gasteiger partial charge in [-0.25, -0.2) is 0 Å². The van der Waals surface area contributed by atoms with E-state index < -0.39 is 6.04 Å². The summed E-state index contributed by atoms with van der Waals surface area (Å²) in [5.41, 5.74) is 6.84. The van der Waals surface area contributed by atoms with Crippen LogP contribution in [0, 0.1) is 0 Å². The van der Waals surface area contributed by atoms with Gasteiger partial charge in [-0.1, -0.05) is 15.9 Å². The molecule has 0 radical (unpaired) electrons. The van der Waals surface area contributed by atoms with Crippen LogP contribution < -0.4 is 10.5 Å². The Balaban J connectivity index is 2.46. The maximum atomic E-state index is 11.4. The van der Waals surface area contributed by atoms with Crippen molar-refractivity contribution in [2.24, 2.45) is 5.73 Å². The molecule has 1 rings (SSSR count). The standard InChI is InChI=1S/C13H18BrNO3S/c1-3-18-13(16)12(15)8-19-7-9-6-10(17-2)4-5-11(9)14/h4-6,12H,3,7-8,15H2,1-2H3.